The van der Waals surface area contributed by atoms with Crippen molar-refractivity contribution in [1.29, 1.82) is 0 Å². The molecule has 4 nitrogen and oxygen atoms in total. The minimum absolute atomic E-state index is 0.107. The van der Waals surface area contributed by atoms with E-state index in [1.807, 2.05) is 12.1 Å². The van der Waals surface area contributed by atoms with E-state index < -0.39 is 0 Å². The fourth-order valence-electron chi connectivity index (χ4n) is 2.71. The molecule has 0 amide bonds. The molecule has 0 fully saturated rings. The zero-order valence-electron chi connectivity index (χ0n) is 12.0. The van der Waals surface area contributed by atoms with Gasteiger partial charge in [0.15, 0.2) is 17.3 Å². The quantitative estimate of drug-likeness (QED) is 0.689. The first-order valence-electron chi connectivity index (χ1n) is 7.27. The van der Waals surface area contributed by atoms with Gasteiger partial charge in [-0.15, -0.1) is 0 Å². The number of aryl methyl sites for hydroxylation is 1. The van der Waals surface area contributed by atoms with Crippen LogP contribution in [0.5, 0.6) is 11.5 Å². The molecule has 4 rings (SSSR count). The van der Waals surface area contributed by atoms with Crippen LogP contribution in [0, 0.1) is 0 Å². The Bertz CT molecular complexity index is 817. The van der Waals surface area contributed by atoms with E-state index in [1.54, 1.807) is 18.2 Å². The van der Waals surface area contributed by atoms with Crippen LogP contribution >= 0.6 is 0 Å². The lowest BCUT2D eigenvalue weighted by Gasteiger charge is -2.04. The fourth-order valence-corrected chi connectivity index (χ4v) is 2.71. The first-order chi connectivity index (χ1) is 10.8. The van der Waals surface area contributed by atoms with Crippen molar-refractivity contribution in [3.05, 3.63) is 60.4 Å². The molecule has 0 radical (unpaired) electrons. The molecular formula is C18H15NO3. The third-order valence-corrected chi connectivity index (χ3v) is 3.90. The number of carbonyl (C=O) groups is 1. The third kappa shape index (κ3) is 2.33. The monoisotopic (exact) mass is 293 g/mol. The highest BCUT2D eigenvalue weighted by Gasteiger charge is 2.16. The normalized spacial score (nSPS) is 12.7. The van der Waals surface area contributed by atoms with Crippen LogP contribution < -0.4 is 9.47 Å². The molecule has 2 aromatic carbocycles. The van der Waals surface area contributed by atoms with Gasteiger partial charge in [-0.05, 0) is 29.0 Å². The van der Waals surface area contributed by atoms with Gasteiger partial charge in [-0.25, -0.2) is 0 Å². The van der Waals surface area contributed by atoms with Crippen LogP contribution in [0.3, 0.4) is 0 Å². The second kappa shape index (κ2) is 5.22. The number of fused-ring (bicyclic) bond motifs is 2. The smallest absolute Gasteiger partial charge is 0.231 e. The fraction of sp³-hybridized carbons (Fsp3) is 0.167. The van der Waals surface area contributed by atoms with Crippen LogP contribution in [0.4, 0.5) is 0 Å². The maximum atomic E-state index is 12.3. The van der Waals surface area contributed by atoms with Crippen molar-refractivity contribution >= 4 is 16.6 Å². The van der Waals surface area contributed by atoms with Crippen molar-refractivity contribution in [3.63, 3.8) is 0 Å². The van der Waals surface area contributed by atoms with Gasteiger partial charge in [0.25, 0.3) is 0 Å². The molecule has 22 heavy (non-hydrogen) atoms. The number of nitrogens with zero attached hydrogens (tertiary/aromatic N) is 1. The molecule has 0 unspecified atom stereocenters. The van der Waals surface area contributed by atoms with Crippen molar-refractivity contribution in [2.75, 3.05) is 6.79 Å². The van der Waals surface area contributed by atoms with E-state index in [2.05, 4.69) is 29.1 Å². The summed E-state index contributed by atoms with van der Waals surface area (Å²) >= 11 is 0. The Balaban J connectivity index is 1.47. The van der Waals surface area contributed by atoms with Crippen molar-refractivity contribution in [2.45, 2.75) is 13.0 Å². The van der Waals surface area contributed by atoms with Gasteiger partial charge in [0, 0.05) is 30.9 Å². The summed E-state index contributed by atoms with van der Waals surface area (Å²) in [6.07, 6.45) is 4.60. The molecule has 1 aromatic heterocycles. The van der Waals surface area contributed by atoms with Crippen LogP contribution in [-0.2, 0) is 6.54 Å². The molecule has 0 bridgehead atoms. The number of hydrogen-bond donors (Lipinski definition) is 0. The summed E-state index contributed by atoms with van der Waals surface area (Å²) in [5.41, 5.74) is 0.668. The number of ether oxygens (including phenoxy) is 2. The molecule has 3 aromatic rings. The predicted octanol–water partition coefficient (Wildman–Crippen LogP) is 3.64. The summed E-state index contributed by atoms with van der Waals surface area (Å²) in [6, 6.07) is 13.5. The Morgan fingerprint density at radius 3 is 2.50 bits per heavy atom. The van der Waals surface area contributed by atoms with E-state index in [0.717, 1.165) is 0 Å². The first-order valence-corrected chi connectivity index (χ1v) is 7.27. The maximum Gasteiger partial charge on any atom is 0.231 e. The number of carbonyl (C=O) groups excluding carboxylic acids is 1. The predicted molar refractivity (Wildman–Crippen MR) is 83.5 cm³/mol. The SMILES string of the molecule is O=C(CCn1cc2ccccc2c1)c1ccc2c(c1)OCO2. The lowest BCUT2D eigenvalue weighted by atomic mass is 10.1. The van der Waals surface area contributed by atoms with Gasteiger partial charge in [-0.3, -0.25) is 4.79 Å². The molecule has 110 valence electrons. The average Bonchev–Trinajstić information content (AvgIpc) is 3.17. The number of Topliss-reactive ketones (excluding diaryl/α,β-unsaturated/α-hetero) is 1. The molecule has 0 N–H and O–H groups in total. The number of rotatable bonds is 4. The molecule has 1 aliphatic rings. The summed E-state index contributed by atoms with van der Waals surface area (Å²) in [4.78, 5) is 12.3. The van der Waals surface area contributed by atoms with Crippen LogP contribution in [0.15, 0.2) is 54.9 Å². The summed E-state index contributed by atoms with van der Waals surface area (Å²) in [5, 5.41) is 2.39. The number of hydrogen-bond acceptors (Lipinski definition) is 3. The van der Waals surface area contributed by atoms with Gasteiger partial charge in [0.1, 0.15) is 0 Å². The topological polar surface area (TPSA) is 40.5 Å². The highest BCUT2D eigenvalue weighted by molar-refractivity contribution is 5.96. The second-order valence-electron chi connectivity index (χ2n) is 5.37. The average molecular weight is 293 g/mol. The largest absolute Gasteiger partial charge is 0.454 e. The Kier molecular flexibility index (Phi) is 3.07. The van der Waals surface area contributed by atoms with Crippen molar-refractivity contribution in [1.82, 2.24) is 4.57 Å². The molecule has 0 atom stereocenters. The van der Waals surface area contributed by atoms with E-state index in [4.69, 9.17) is 9.47 Å². The van der Waals surface area contributed by atoms with Gasteiger partial charge >= 0.3 is 0 Å². The Morgan fingerprint density at radius 2 is 1.73 bits per heavy atom. The van der Waals surface area contributed by atoms with Crippen LogP contribution in [0.2, 0.25) is 0 Å². The number of aromatic nitrogens is 1. The maximum absolute atomic E-state index is 12.3. The zero-order valence-corrected chi connectivity index (χ0v) is 12.0. The molecular weight excluding hydrogens is 278 g/mol. The lowest BCUT2D eigenvalue weighted by molar-refractivity contribution is 0.0976. The van der Waals surface area contributed by atoms with Crippen LogP contribution in [0.25, 0.3) is 10.8 Å². The molecule has 2 heterocycles. The van der Waals surface area contributed by atoms with Gasteiger partial charge in [0.2, 0.25) is 6.79 Å². The minimum Gasteiger partial charge on any atom is -0.454 e. The Morgan fingerprint density at radius 1 is 1.00 bits per heavy atom. The molecule has 1 aliphatic heterocycles. The third-order valence-electron chi connectivity index (χ3n) is 3.90. The molecule has 0 aliphatic carbocycles. The summed E-state index contributed by atoms with van der Waals surface area (Å²) in [6.45, 7) is 0.894. The van der Waals surface area contributed by atoms with E-state index in [9.17, 15) is 4.79 Å². The highest BCUT2D eigenvalue weighted by atomic mass is 16.7. The van der Waals surface area contributed by atoms with Gasteiger partial charge in [0.05, 0.1) is 0 Å². The first kappa shape index (κ1) is 13.0. The van der Waals surface area contributed by atoms with E-state index in [-0.39, 0.29) is 12.6 Å². The van der Waals surface area contributed by atoms with Crippen LogP contribution in [0.1, 0.15) is 16.8 Å². The van der Waals surface area contributed by atoms with E-state index in [0.29, 0.717) is 30.0 Å². The second-order valence-corrected chi connectivity index (χ2v) is 5.37. The summed E-state index contributed by atoms with van der Waals surface area (Å²) in [7, 11) is 0. The Labute approximate surface area is 127 Å². The minimum atomic E-state index is 0.107. The highest BCUT2D eigenvalue weighted by Crippen LogP contribution is 2.32. The summed E-state index contributed by atoms with van der Waals surface area (Å²) < 4.78 is 12.6. The van der Waals surface area contributed by atoms with E-state index in [1.165, 1.54) is 10.8 Å². The van der Waals surface area contributed by atoms with Gasteiger partial charge < -0.3 is 14.0 Å². The molecule has 4 heteroatoms. The standard InChI is InChI=1S/C18H15NO3/c20-16(13-5-6-17-18(9-13)22-12-21-17)7-8-19-10-14-3-1-2-4-15(14)11-19/h1-6,9-11H,7-8,12H2. The van der Waals surface area contributed by atoms with Crippen molar-refractivity contribution < 1.29 is 14.3 Å². The molecule has 0 saturated heterocycles. The number of ketones is 1. The lowest BCUT2D eigenvalue weighted by Crippen LogP contribution is -2.04. The van der Waals surface area contributed by atoms with E-state index >= 15 is 0 Å². The Hall–Kier alpha value is -2.75. The summed E-state index contributed by atoms with van der Waals surface area (Å²) in [5.74, 6) is 1.46. The van der Waals surface area contributed by atoms with Crippen molar-refractivity contribution in [3.8, 4) is 11.5 Å². The van der Waals surface area contributed by atoms with Gasteiger partial charge in [-0.1, -0.05) is 24.3 Å². The number of benzene rings is 2. The van der Waals surface area contributed by atoms with Crippen molar-refractivity contribution in [2.24, 2.45) is 0 Å². The molecule has 0 saturated carbocycles. The van der Waals surface area contributed by atoms with Crippen LogP contribution in [-0.4, -0.2) is 17.1 Å². The molecule has 0 spiro atoms. The van der Waals surface area contributed by atoms with Gasteiger partial charge in [-0.2, -0.15) is 0 Å². The zero-order chi connectivity index (χ0) is 14.9.